The van der Waals surface area contributed by atoms with Gasteiger partial charge in [0.1, 0.15) is 17.1 Å². The van der Waals surface area contributed by atoms with E-state index in [0.29, 0.717) is 11.3 Å². The van der Waals surface area contributed by atoms with Crippen molar-refractivity contribution in [1.29, 1.82) is 0 Å². The number of carbonyl (C=O) groups is 4. The molecule has 1 aromatic heterocycles. The van der Waals surface area contributed by atoms with Crippen molar-refractivity contribution in [2.45, 2.75) is 6.92 Å². The largest absolute Gasteiger partial charge is 0.478 e. The maximum absolute atomic E-state index is 12.3. The molecule has 2 aromatic rings. The Morgan fingerprint density at radius 3 is 2.67 bits per heavy atom. The Kier molecular flexibility index (Phi) is 4.83. The Morgan fingerprint density at radius 2 is 2.00 bits per heavy atom. The minimum Gasteiger partial charge on any atom is -0.478 e. The van der Waals surface area contributed by atoms with Crippen LogP contribution in [0.15, 0.2) is 40.3 Å². The Labute approximate surface area is 158 Å². The standard InChI is InChI=1S/C18H13ClN2O6/c1-2-21-16(23)12(15(22)20-18(21)26)8-10-4-6-14(27-10)9-3-5-13(19)11(7-9)17(24)25/h3-8H,2H2,1H3,(H,24,25)(H,20,22,26). The predicted octanol–water partition coefficient (Wildman–Crippen LogP) is 2.78. The number of carboxylic acid groups (broad SMARTS) is 1. The molecule has 4 amide bonds. The number of imide groups is 2. The molecule has 0 bridgehead atoms. The van der Waals surface area contributed by atoms with E-state index in [-0.39, 0.29) is 28.5 Å². The van der Waals surface area contributed by atoms with Gasteiger partial charge in [-0.1, -0.05) is 11.6 Å². The summed E-state index contributed by atoms with van der Waals surface area (Å²) >= 11 is 5.85. The van der Waals surface area contributed by atoms with E-state index in [9.17, 15) is 19.2 Å². The number of nitrogens with one attached hydrogen (secondary N) is 1. The first kappa shape index (κ1) is 18.4. The van der Waals surface area contributed by atoms with Crippen molar-refractivity contribution in [3.63, 3.8) is 0 Å². The van der Waals surface area contributed by atoms with Crippen molar-refractivity contribution in [1.82, 2.24) is 10.2 Å². The second-order valence-electron chi connectivity index (χ2n) is 5.57. The lowest BCUT2D eigenvalue weighted by molar-refractivity contribution is -0.129. The maximum atomic E-state index is 12.3. The molecule has 1 fully saturated rings. The molecule has 0 unspecified atom stereocenters. The number of nitrogens with zero attached hydrogens (tertiary/aromatic N) is 1. The molecule has 1 saturated heterocycles. The van der Waals surface area contributed by atoms with E-state index >= 15 is 0 Å². The summed E-state index contributed by atoms with van der Waals surface area (Å²) in [6.07, 6.45) is 1.23. The Morgan fingerprint density at radius 1 is 1.26 bits per heavy atom. The van der Waals surface area contributed by atoms with Gasteiger partial charge in [-0.15, -0.1) is 0 Å². The highest BCUT2D eigenvalue weighted by atomic mass is 35.5. The number of hydrogen-bond acceptors (Lipinski definition) is 5. The molecule has 0 aliphatic carbocycles. The number of urea groups is 1. The molecule has 0 radical (unpaired) electrons. The number of halogens is 1. The summed E-state index contributed by atoms with van der Waals surface area (Å²) in [6.45, 7) is 1.72. The molecule has 27 heavy (non-hydrogen) atoms. The summed E-state index contributed by atoms with van der Waals surface area (Å²) in [5.41, 5.74) is 0.148. The molecule has 1 aliphatic rings. The smallest absolute Gasteiger partial charge is 0.337 e. The first-order chi connectivity index (χ1) is 12.8. The van der Waals surface area contributed by atoms with Gasteiger partial charge in [0.2, 0.25) is 0 Å². The number of hydrogen-bond donors (Lipinski definition) is 2. The van der Waals surface area contributed by atoms with Gasteiger partial charge in [-0.2, -0.15) is 0 Å². The zero-order valence-corrected chi connectivity index (χ0v) is 14.7. The first-order valence-corrected chi connectivity index (χ1v) is 8.21. The topological polar surface area (TPSA) is 117 Å². The number of likely N-dealkylation sites (N-methyl/N-ethyl adjacent to an activating group) is 1. The molecule has 1 aromatic carbocycles. The fourth-order valence-corrected chi connectivity index (χ4v) is 2.75. The second-order valence-corrected chi connectivity index (χ2v) is 5.98. The van der Waals surface area contributed by atoms with Crippen LogP contribution in [0.4, 0.5) is 4.79 Å². The molecule has 9 heteroatoms. The number of amides is 4. The number of benzene rings is 1. The molecule has 1 aliphatic heterocycles. The first-order valence-electron chi connectivity index (χ1n) is 7.83. The minimum absolute atomic E-state index is 0.0793. The zero-order valence-electron chi connectivity index (χ0n) is 14.0. The van der Waals surface area contributed by atoms with Crippen LogP contribution in [0.1, 0.15) is 23.0 Å². The Hall–Kier alpha value is -3.39. The normalized spacial score (nSPS) is 16.0. The van der Waals surface area contributed by atoms with Crippen molar-refractivity contribution in [2.24, 2.45) is 0 Å². The molecular weight excluding hydrogens is 376 g/mol. The van der Waals surface area contributed by atoms with Gasteiger partial charge in [-0.05, 0) is 43.3 Å². The molecule has 8 nitrogen and oxygen atoms in total. The van der Waals surface area contributed by atoms with Crippen LogP contribution in [0.25, 0.3) is 17.4 Å². The van der Waals surface area contributed by atoms with Crippen molar-refractivity contribution in [2.75, 3.05) is 6.54 Å². The highest BCUT2D eigenvalue weighted by Gasteiger charge is 2.34. The van der Waals surface area contributed by atoms with Crippen LogP contribution in [0, 0.1) is 0 Å². The van der Waals surface area contributed by atoms with Gasteiger partial charge >= 0.3 is 12.0 Å². The number of carbonyl (C=O) groups excluding carboxylic acids is 3. The summed E-state index contributed by atoms with van der Waals surface area (Å²) in [4.78, 5) is 47.9. The SMILES string of the molecule is CCN1C(=O)NC(=O)C(=Cc2ccc(-c3ccc(Cl)c(C(=O)O)c3)o2)C1=O. The number of barbiturate groups is 1. The Bertz CT molecular complexity index is 1010. The van der Waals surface area contributed by atoms with Crippen LogP contribution in [0.3, 0.4) is 0 Å². The van der Waals surface area contributed by atoms with E-state index in [1.807, 2.05) is 0 Å². The lowest BCUT2D eigenvalue weighted by atomic mass is 10.1. The van der Waals surface area contributed by atoms with Gasteiger partial charge in [0.25, 0.3) is 11.8 Å². The lowest BCUT2D eigenvalue weighted by Gasteiger charge is -2.24. The van der Waals surface area contributed by atoms with E-state index in [1.54, 1.807) is 19.1 Å². The number of rotatable bonds is 4. The number of carboxylic acids is 1. The lowest BCUT2D eigenvalue weighted by Crippen LogP contribution is -2.53. The predicted molar refractivity (Wildman–Crippen MR) is 95.0 cm³/mol. The van der Waals surface area contributed by atoms with E-state index in [0.717, 1.165) is 4.90 Å². The highest BCUT2D eigenvalue weighted by Crippen LogP contribution is 2.28. The van der Waals surface area contributed by atoms with Crippen LogP contribution in [-0.4, -0.2) is 40.4 Å². The third-order valence-electron chi connectivity index (χ3n) is 3.90. The minimum atomic E-state index is -1.18. The van der Waals surface area contributed by atoms with E-state index in [2.05, 4.69) is 5.32 Å². The summed E-state index contributed by atoms with van der Waals surface area (Å²) in [7, 11) is 0. The summed E-state index contributed by atoms with van der Waals surface area (Å²) in [5, 5.41) is 11.3. The van der Waals surface area contributed by atoms with Crippen LogP contribution < -0.4 is 5.32 Å². The fourth-order valence-electron chi connectivity index (χ4n) is 2.55. The summed E-state index contributed by atoms with van der Waals surface area (Å²) in [6, 6.07) is 6.69. The van der Waals surface area contributed by atoms with Crippen LogP contribution >= 0.6 is 11.6 Å². The van der Waals surface area contributed by atoms with Crippen LogP contribution in [0.5, 0.6) is 0 Å². The third kappa shape index (κ3) is 3.47. The van der Waals surface area contributed by atoms with Gasteiger partial charge in [0.15, 0.2) is 0 Å². The monoisotopic (exact) mass is 388 g/mol. The van der Waals surface area contributed by atoms with Crippen molar-refractivity contribution >= 4 is 41.5 Å². The maximum Gasteiger partial charge on any atom is 0.337 e. The van der Waals surface area contributed by atoms with Crippen molar-refractivity contribution in [3.05, 3.63) is 52.3 Å². The zero-order chi connectivity index (χ0) is 19.7. The average Bonchev–Trinajstić information content (AvgIpc) is 3.07. The quantitative estimate of drug-likeness (QED) is 0.614. The second kappa shape index (κ2) is 7.08. The number of furan rings is 1. The molecule has 0 atom stereocenters. The molecule has 0 saturated carbocycles. The Balaban J connectivity index is 1.94. The van der Waals surface area contributed by atoms with Gasteiger partial charge in [-0.25, -0.2) is 9.59 Å². The summed E-state index contributed by atoms with van der Waals surface area (Å²) < 4.78 is 5.59. The summed E-state index contributed by atoms with van der Waals surface area (Å²) in [5.74, 6) is -2.19. The highest BCUT2D eigenvalue weighted by molar-refractivity contribution is 6.33. The van der Waals surface area contributed by atoms with Crippen LogP contribution in [-0.2, 0) is 9.59 Å². The molecule has 2 heterocycles. The van der Waals surface area contributed by atoms with Gasteiger partial charge in [-0.3, -0.25) is 19.8 Å². The molecule has 0 spiro atoms. The van der Waals surface area contributed by atoms with E-state index in [1.165, 1.54) is 24.3 Å². The van der Waals surface area contributed by atoms with Gasteiger partial charge in [0.05, 0.1) is 10.6 Å². The third-order valence-corrected chi connectivity index (χ3v) is 4.23. The van der Waals surface area contributed by atoms with Crippen molar-refractivity contribution < 1.29 is 28.7 Å². The molecule has 138 valence electrons. The van der Waals surface area contributed by atoms with Gasteiger partial charge < -0.3 is 9.52 Å². The fraction of sp³-hybridized carbons (Fsp3) is 0.111. The van der Waals surface area contributed by atoms with E-state index in [4.69, 9.17) is 21.1 Å². The average molecular weight is 389 g/mol. The molecular formula is C18H13ClN2O6. The molecule has 3 rings (SSSR count). The van der Waals surface area contributed by atoms with Crippen LogP contribution in [0.2, 0.25) is 5.02 Å². The van der Waals surface area contributed by atoms with Gasteiger partial charge in [0, 0.05) is 12.1 Å². The van der Waals surface area contributed by atoms with E-state index < -0.39 is 23.8 Å². The number of aromatic carboxylic acids is 1. The van der Waals surface area contributed by atoms with Crippen molar-refractivity contribution in [3.8, 4) is 11.3 Å². The molecule has 2 N–H and O–H groups in total.